The molecule has 202 valence electrons. The SMILES string of the molecule is COC(=O)c1ccccc1N(OC)[C@@H](C)C(=O)OP(N)(=O)OC[C@H]1C=C[C@@H](n2cnc3c(N)ncnc32)C1. The lowest BCUT2D eigenvalue weighted by Crippen LogP contribution is -2.40. The highest BCUT2D eigenvalue weighted by Gasteiger charge is 2.34. The van der Waals surface area contributed by atoms with Gasteiger partial charge in [-0.25, -0.2) is 39.7 Å². The zero-order valence-corrected chi connectivity index (χ0v) is 21.9. The molecular weight excluding hydrogens is 517 g/mol. The van der Waals surface area contributed by atoms with Crippen LogP contribution in [0.3, 0.4) is 0 Å². The van der Waals surface area contributed by atoms with E-state index in [0.717, 1.165) is 5.06 Å². The fraction of sp³-hybridized carbons (Fsp3) is 0.348. The monoisotopic (exact) mass is 545 g/mol. The standard InChI is InChI=1S/C23H28N7O7P/c1-14(30(35-3)18-7-5-4-6-17(18)23(32)34-2)22(31)37-38(25,33)36-11-15-8-9-16(10-15)29-13-28-19-20(24)26-12-27-21(19)29/h4-9,12-16H,10-11H2,1-3H3,(H2,25,33)(H2,24,26,27)/t14-,15-,16+,38?/m0/s1. The van der Waals surface area contributed by atoms with Gasteiger partial charge >= 0.3 is 19.7 Å². The number of carbonyl (C=O) groups excluding carboxylic acids is 2. The first-order valence-electron chi connectivity index (χ1n) is 11.5. The maximum absolute atomic E-state index is 12.8. The van der Waals surface area contributed by atoms with Crippen molar-refractivity contribution in [2.45, 2.75) is 25.4 Å². The molecule has 2 heterocycles. The van der Waals surface area contributed by atoms with E-state index in [1.54, 1.807) is 24.5 Å². The molecule has 0 saturated heterocycles. The highest BCUT2D eigenvalue weighted by molar-refractivity contribution is 7.51. The van der Waals surface area contributed by atoms with Gasteiger partial charge in [0.1, 0.15) is 11.8 Å². The van der Waals surface area contributed by atoms with Crippen molar-refractivity contribution in [3.8, 4) is 0 Å². The summed E-state index contributed by atoms with van der Waals surface area (Å²) >= 11 is 0. The van der Waals surface area contributed by atoms with Crippen molar-refractivity contribution < 1.29 is 32.8 Å². The lowest BCUT2D eigenvalue weighted by molar-refractivity contribution is -0.138. The molecule has 1 aromatic carbocycles. The van der Waals surface area contributed by atoms with Crippen LogP contribution in [0, 0.1) is 5.92 Å². The summed E-state index contributed by atoms with van der Waals surface area (Å²) in [5.74, 6) is -1.47. The van der Waals surface area contributed by atoms with E-state index >= 15 is 0 Å². The number of hydrogen-bond donors (Lipinski definition) is 2. The van der Waals surface area contributed by atoms with Crippen molar-refractivity contribution in [1.82, 2.24) is 19.5 Å². The molecule has 15 heteroatoms. The summed E-state index contributed by atoms with van der Waals surface area (Å²) in [5.41, 5.74) is 13.1. The van der Waals surface area contributed by atoms with E-state index in [0.29, 0.717) is 17.6 Å². The van der Waals surface area contributed by atoms with Gasteiger partial charge in [-0.2, -0.15) is 0 Å². The zero-order valence-electron chi connectivity index (χ0n) is 21.0. The number of anilines is 2. The van der Waals surface area contributed by atoms with Crippen LogP contribution in [0.25, 0.3) is 11.2 Å². The van der Waals surface area contributed by atoms with Gasteiger partial charge in [-0.1, -0.05) is 24.3 Å². The van der Waals surface area contributed by atoms with Crippen LogP contribution >= 0.6 is 7.75 Å². The van der Waals surface area contributed by atoms with Crippen LogP contribution in [0.5, 0.6) is 0 Å². The molecule has 4 N–H and O–H groups in total. The van der Waals surface area contributed by atoms with Gasteiger partial charge in [0.2, 0.25) is 0 Å². The Labute approximate surface area is 218 Å². The molecule has 4 atom stereocenters. The minimum Gasteiger partial charge on any atom is -0.465 e. The predicted octanol–water partition coefficient (Wildman–Crippen LogP) is 2.40. The maximum atomic E-state index is 12.8. The van der Waals surface area contributed by atoms with Crippen LogP contribution in [0.2, 0.25) is 0 Å². The maximum Gasteiger partial charge on any atom is 0.458 e. The third kappa shape index (κ3) is 5.68. The number of rotatable bonds is 10. The summed E-state index contributed by atoms with van der Waals surface area (Å²) in [6, 6.07) is 5.14. The Morgan fingerprint density at radius 3 is 2.71 bits per heavy atom. The molecule has 0 aliphatic heterocycles. The second kappa shape index (κ2) is 11.3. The van der Waals surface area contributed by atoms with Gasteiger partial charge in [0.05, 0.1) is 44.4 Å². The number of allylic oxidation sites excluding steroid dienone is 1. The minimum atomic E-state index is -4.27. The van der Waals surface area contributed by atoms with Gasteiger partial charge in [-0.3, -0.25) is 9.36 Å². The van der Waals surface area contributed by atoms with Gasteiger partial charge in [-0.15, -0.1) is 0 Å². The number of para-hydroxylation sites is 1. The van der Waals surface area contributed by atoms with E-state index in [1.807, 2.05) is 16.7 Å². The average molecular weight is 545 g/mol. The first-order valence-corrected chi connectivity index (χ1v) is 13.1. The lowest BCUT2D eigenvalue weighted by atomic mass is 10.1. The number of aromatic nitrogens is 4. The number of esters is 1. The molecule has 0 saturated carbocycles. The molecule has 0 bridgehead atoms. The van der Waals surface area contributed by atoms with Crippen molar-refractivity contribution in [2.24, 2.45) is 11.4 Å². The first kappa shape index (κ1) is 27.2. The molecule has 1 aliphatic carbocycles. The molecule has 0 radical (unpaired) electrons. The van der Waals surface area contributed by atoms with E-state index in [1.165, 1.54) is 33.5 Å². The molecule has 0 spiro atoms. The number of nitrogens with zero attached hydrogens (tertiary/aromatic N) is 5. The van der Waals surface area contributed by atoms with Gasteiger partial charge in [0.15, 0.2) is 17.5 Å². The van der Waals surface area contributed by atoms with Gasteiger partial charge < -0.3 is 19.6 Å². The number of hydrogen-bond acceptors (Lipinski definition) is 12. The van der Waals surface area contributed by atoms with Crippen LogP contribution in [0.1, 0.15) is 29.7 Å². The van der Waals surface area contributed by atoms with E-state index < -0.39 is 25.7 Å². The van der Waals surface area contributed by atoms with Crippen LogP contribution in [0.4, 0.5) is 11.5 Å². The van der Waals surface area contributed by atoms with Crippen LogP contribution < -0.4 is 16.3 Å². The van der Waals surface area contributed by atoms with E-state index in [-0.39, 0.29) is 35.6 Å². The van der Waals surface area contributed by atoms with Crippen LogP contribution in [-0.4, -0.2) is 58.3 Å². The number of methoxy groups -OCH3 is 1. The number of ether oxygens (including phenoxy) is 1. The largest absolute Gasteiger partial charge is 0.465 e. The number of fused-ring (bicyclic) bond motifs is 1. The van der Waals surface area contributed by atoms with E-state index in [4.69, 9.17) is 29.9 Å². The Kier molecular flexibility index (Phi) is 8.07. The molecule has 0 amide bonds. The summed E-state index contributed by atoms with van der Waals surface area (Å²) in [5, 5.41) is 1.13. The second-order valence-corrected chi connectivity index (χ2v) is 9.99. The summed E-state index contributed by atoms with van der Waals surface area (Å²) < 4.78 is 29.8. The lowest BCUT2D eigenvalue weighted by Gasteiger charge is -2.29. The Hall–Kier alpha value is -3.84. The number of imidazole rings is 1. The highest BCUT2D eigenvalue weighted by Crippen LogP contribution is 2.42. The third-order valence-electron chi connectivity index (χ3n) is 6.02. The smallest absolute Gasteiger partial charge is 0.458 e. The Morgan fingerprint density at radius 1 is 1.21 bits per heavy atom. The topological polar surface area (TPSA) is 187 Å². The fourth-order valence-electron chi connectivity index (χ4n) is 4.13. The normalized spacial score (nSPS) is 19.2. The summed E-state index contributed by atoms with van der Waals surface area (Å²) in [7, 11) is -1.73. The van der Waals surface area contributed by atoms with Gasteiger partial charge in [-0.05, 0) is 25.5 Å². The highest BCUT2D eigenvalue weighted by atomic mass is 31.2. The number of nitrogen functional groups attached to an aromatic ring is 1. The van der Waals surface area contributed by atoms with Gasteiger partial charge in [0, 0.05) is 5.92 Å². The third-order valence-corrected chi connectivity index (χ3v) is 6.96. The average Bonchev–Trinajstić information content (AvgIpc) is 3.55. The minimum absolute atomic E-state index is 0.0502. The number of benzene rings is 1. The molecule has 38 heavy (non-hydrogen) atoms. The Bertz CT molecular complexity index is 1410. The summed E-state index contributed by atoms with van der Waals surface area (Å²) in [4.78, 5) is 42.7. The van der Waals surface area contributed by atoms with Crippen molar-refractivity contribution in [1.29, 1.82) is 0 Å². The van der Waals surface area contributed by atoms with Crippen molar-refractivity contribution >= 4 is 42.4 Å². The molecule has 1 aliphatic rings. The molecular formula is C23H28N7O7P. The van der Waals surface area contributed by atoms with Crippen LogP contribution in [-0.2, 0) is 28.0 Å². The molecule has 2 aromatic heterocycles. The first-order chi connectivity index (χ1) is 18.1. The molecule has 4 rings (SSSR count). The van der Waals surface area contributed by atoms with E-state index in [2.05, 4.69) is 15.0 Å². The van der Waals surface area contributed by atoms with E-state index in [9.17, 15) is 14.2 Å². The number of nitrogens with two attached hydrogens (primary N) is 2. The predicted molar refractivity (Wildman–Crippen MR) is 137 cm³/mol. The number of carbonyl (C=O) groups is 2. The molecule has 1 unspecified atom stereocenters. The number of hydroxylamine groups is 1. The van der Waals surface area contributed by atoms with Crippen LogP contribution in [0.15, 0.2) is 49.1 Å². The van der Waals surface area contributed by atoms with Crippen molar-refractivity contribution in [3.63, 3.8) is 0 Å². The van der Waals surface area contributed by atoms with Crippen molar-refractivity contribution in [2.75, 3.05) is 31.6 Å². The molecule has 14 nitrogen and oxygen atoms in total. The molecule has 0 fully saturated rings. The van der Waals surface area contributed by atoms with Gasteiger partial charge in [0.25, 0.3) is 0 Å². The zero-order chi connectivity index (χ0) is 27.4. The Morgan fingerprint density at radius 2 is 1.97 bits per heavy atom. The fourth-order valence-corrected chi connectivity index (χ4v) is 4.99. The summed E-state index contributed by atoms with van der Waals surface area (Å²) in [6.45, 7) is 1.39. The molecule has 3 aromatic rings. The summed E-state index contributed by atoms with van der Waals surface area (Å²) in [6.07, 6.45) is 7.42. The second-order valence-electron chi connectivity index (χ2n) is 8.47. The Balaban J connectivity index is 1.36. The quantitative estimate of drug-likeness (QED) is 0.164. The van der Waals surface area contributed by atoms with Crippen molar-refractivity contribution in [3.05, 3.63) is 54.6 Å².